The number of likely N-dealkylation sites (N-methyl/N-ethyl adjacent to an activating group) is 1. The van der Waals surface area contributed by atoms with Crippen LogP contribution in [0.3, 0.4) is 0 Å². The van der Waals surface area contributed by atoms with Gasteiger partial charge in [0.05, 0.1) is 4.47 Å². The van der Waals surface area contributed by atoms with Crippen LogP contribution in [0.25, 0.3) is 0 Å². The highest BCUT2D eigenvalue weighted by atomic mass is 79.9. The maximum absolute atomic E-state index is 13.6. The number of rotatable bonds is 4. The van der Waals surface area contributed by atoms with E-state index in [0.717, 1.165) is 22.6 Å². The molecule has 0 aliphatic carbocycles. The molecule has 2 aromatic rings. The molecule has 0 aromatic heterocycles. The van der Waals surface area contributed by atoms with Crippen LogP contribution in [-0.4, -0.2) is 7.05 Å². The molecule has 2 rings (SSSR count). The van der Waals surface area contributed by atoms with Gasteiger partial charge in [0, 0.05) is 11.1 Å². The van der Waals surface area contributed by atoms with Crippen LogP contribution in [0.5, 0.6) is 0 Å². The molecule has 100 valence electrons. The highest BCUT2D eigenvalue weighted by Crippen LogP contribution is 2.25. The molecule has 4 heteroatoms. The van der Waals surface area contributed by atoms with Crippen LogP contribution in [0.2, 0.25) is 5.02 Å². The van der Waals surface area contributed by atoms with E-state index >= 15 is 0 Å². The molecule has 1 nitrogen and oxygen atoms in total. The Balaban J connectivity index is 2.25. The summed E-state index contributed by atoms with van der Waals surface area (Å²) in [5, 5.41) is 3.94. The van der Waals surface area contributed by atoms with Gasteiger partial charge < -0.3 is 5.32 Å². The fourth-order valence-electron chi connectivity index (χ4n) is 2.00. The van der Waals surface area contributed by atoms with E-state index in [9.17, 15) is 4.39 Å². The largest absolute Gasteiger partial charge is 0.313 e. The van der Waals surface area contributed by atoms with Gasteiger partial charge in [-0.1, -0.05) is 35.9 Å². The molecule has 0 bridgehead atoms. The van der Waals surface area contributed by atoms with Crippen molar-refractivity contribution in [3.05, 3.63) is 68.9 Å². The van der Waals surface area contributed by atoms with Crippen molar-refractivity contribution in [1.82, 2.24) is 5.32 Å². The lowest BCUT2D eigenvalue weighted by molar-refractivity contribution is 0.575. The van der Waals surface area contributed by atoms with Gasteiger partial charge in [-0.3, -0.25) is 0 Å². The topological polar surface area (TPSA) is 12.0 Å². The summed E-state index contributed by atoms with van der Waals surface area (Å²) in [6.07, 6.45) is 0.719. The molecule has 0 saturated carbocycles. The van der Waals surface area contributed by atoms with Crippen molar-refractivity contribution in [2.45, 2.75) is 12.5 Å². The van der Waals surface area contributed by atoms with Crippen LogP contribution < -0.4 is 5.32 Å². The summed E-state index contributed by atoms with van der Waals surface area (Å²) in [4.78, 5) is 0. The van der Waals surface area contributed by atoms with Gasteiger partial charge in [-0.15, -0.1) is 0 Å². The van der Waals surface area contributed by atoms with Gasteiger partial charge in [0.1, 0.15) is 5.82 Å². The van der Waals surface area contributed by atoms with Crippen LogP contribution >= 0.6 is 27.5 Å². The highest BCUT2D eigenvalue weighted by Gasteiger charge is 2.13. The van der Waals surface area contributed by atoms with Crippen molar-refractivity contribution in [2.24, 2.45) is 0 Å². The van der Waals surface area contributed by atoms with E-state index in [1.165, 1.54) is 0 Å². The molecule has 0 amide bonds. The van der Waals surface area contributed by atoms with Gasteiger partial charge in [0.25, 0.3) is 0 Å². The average molecular weight is 343 g/mol. The number of halogens is 3. The second-order valence-corrected chi connectivity index (χ2v) is 5.57. The van der Waals surface area contributed by atoms with Crippen molar-refractivity contribution in [3.63, 3.8) is 0 Å². The Bertz CT molecular complexity index is 574. The van der Waals surface area contributed by atoms with Crippen LogP contribution in [0.15, 0.2) is 46.9 Å². The second kappa shape index (κ2) is 6.51. The molecule has 0 aliphatic heterocycles. The van der Waals surface area contributed by atoms with Gasteiger partial charge >= 0.3 is 0 Å². The third-order valence-corrected chi connectivity index (χ3v) is 4.09. The first-order chi connectivity index (χ1) is 9.11. The smallest absolute Gasteiger partial charge is 0.137 e. The Morgan fingerprint density at radius 3 is 2.63 bits per heavy atom. The molecule has 1 atom stereocenters. The number of hydrogen-bond donors (Lipinski definition) is 1. The molecule has 1 unspecified atom stereocenters. The lowest BCUT2D eigenvalue weighted by atomic mass is 9.99. The third kappa shape index (κ3) is 3.56. The minimum absolute atomic E-state index is 0.0301. The van der Waals surface area contributed by atoms with Gasteiger partial charge in [0.15, 0.2) is 0 Å². The molecule has 19 heavy (non-hydrogen) atoms. The minimum Gasteiger partial charge on any atom is -0.313 e. The predicted octanol–water partition coefficient (Wildman–Crippen LogP) is 4.74. The van der Waals surface area contributed by atoms with Crippen LogP contribution in [0, 0.1) is 5.82 Å². The fourth-order valence-corrected chi connectivity index (χ4v) is 2.46. The van der Waals surface area contributed by atoms with Crippen molar-refractivity contribution >= 4 is 27.5 Å². The molecule has 0 fully saturated rings. The molecule has 0 heterocycles. The van der Waals surface area contributed by atoms with E-state index in [4.69, 9.17) is 11.6 Å². The lowest BCUT2D eigenvalue weighted by Gasteiger charge is -2.18. The predicted molar refractivity (Wildman–Crippen MR) is 81.1 cm³/mol. The molecular weight excluding hydrogens is 329 g/mol. The molecule has 0 radical (unpaired) electrons. The van der Waals surface area contributed by atoms with Crippen LogP contribution in [0.4, 0.5) is 4.39 Å². The fraction of sp³-hybridized carbons (Fsp3) is 0.200. The number of benzene rings is 2. The van der Waals surface area contributed by atoms with Crippen molar-refractivity contribution in [2.75, 3.05) is 7.05 Å². The Kier molecular flexibility index (Phi) is 4.97. The SMILES string of the molecule is CNC(Cc1ccccc1Cl)c1ccc(Br)c(F)c1. The first-order valence-corrected chi connectivity index (χ1v) is 7.14. The minimum atomic E-state index is -0.253. The first-order valence-electron chi connectivity index (χ1n) is 5.97. The molecule has 2 aromatic carbocycles. The second-order valence-electron chi connectivity index (χ2n) is 4.31. The normalized spacial score (nSPS) is 12.4. The van der Waals surface area contributed by atoms with E-state index in [1.807, 2.05) is 37.4 Å². The molecule has 1 N–H and O–H groups in total. The van der Waals surface area contributed by atoms with E-state index < -0.39 is 0 Å². The van der Waals surface area contributed by atoms with E-state index in [1.54, 1.807) is 12.1 Å². The third-order valence-electron chi connectivity index (χ3n) is 3.08. The standard InChI is InChI=1S/C15H14BrClFN/c1-19-15(9-10-4-2-3-5-13(10)17)11-6-7-12(16)14(18)8-11/h2-8,15,19H,9H2,1H3. The monoisotopic (exact) mass is 341 g/mol. The zero-order chi connectivity index (χ0) is 13.8. The van der Waals surface area contributed by atoms with Crippen molar-refractivity contribution in [1.29, 1.82) is 0 Å². The number of hydrogen-bond acceptors (Lipinski definition) is 1. The maximum atomic E-state index is 13.6. The van der Waals surface area contributed by atoms with Gasteiger partial charge in [-0.25, -0.2) is 4.39 Å². The summed E-state index contributed by atoms with van der Waals surface area (Å²) < 4.78 is 14.1. The Morgan fingerprint density at radius 1 is 1.26 bits per heavy atom. The highest BCUT2D eigenvalue weighted by molar-refractivity contribution is 9.10. The van der Waals surface area contributed by atoms with Crippen molar-refractivity contribution in [3.8, 4) is 0 Å². The summed E-state index contributed by atoms with van der Waals surface area (Å²) in [6.45, 7) is 0. The summed E-state index contributed by atoms with van der Waals surface area (Å²) in [6, 6.07) is 12.9. The summed E-state index contributed by atoms with van der Waals surface area (Å²) >= 11 is 9.32. The van der Waals surface area contributed by atoms with E-state index in [0.29, 0.717) is 4.47 Å². The van der Waals surface area contributed by atoms with Gasteiger partial charge in [-0.05, 0) is 58.7 Å². The van der Waals surface area contributed by atoms with Crippen molar-refractivity contribution < 1.29 is 4.39 Å². The zero-order valence-corrected chi connectivity index (χ0v) is 12.8. The summed E-state index contributed by atoms with van der Waals surface area (Å²) in [5.74, 6) is -0.253. The maximum Gasteiger partial charge on any atom is 0.137 e. The Hall–Kier alpha value is -0.900. The lowest BCUT2D eigenvalue weighted by Crippen LogP contribution is -2.19. The van der Waals surface area contributed by atoms with Crippen LogP contribution in [-0.2, 0) is 6.42 Å². The van der Waals surface area contributed by atoms with E-state index in [-0.39, 0.29) is 11.9 Å². The van der Waals surface area contributed by atoms with Gasteiger partial charge in [-0.2, -0.15) is 0 Å². The number of nitrogens with one attached hydrogen (secondary N) is 1. The van der Waals surface area contributed by atoms with Gasteiger partial charge in [0.2, 0.25) is 0 Å². The average Bonchev–Trinajstić information content (AvgIpc) is 2.41. The van der Waals surface area contributed by atoms with E-state index in [2.05, 4.69) is 21.2 Å². The first kappa shape index (κ1) is 14.5. The van der Waals surface area contributed by atoms with Crippen LogP contribution in [0.1, 0.15) is 17.2 Å². The summed E-state index contributed by atoms with van der Waals surface area (Å²) in [7, 11) is 1.86. The molecule has 0 spiro atoms. The molecule has 0 saturated heterocycles. The Morgan fingerprint density at radius 2 is 2.00 bits per heavy atom. The summed E-state index contributed by atoms with van der Waals surface area (Å²) in [5.41, 5.74) is 1.95. The zero-order valence-electron chi connectivity index (χ0n) is 10.5. The molecular formula is C15H14BrClFN. The Labute approximate surface area is 125 Å². The quantitative estimate of drug-likeness (QED) is 0.846. The molecule has 0 aliphatic rings.